The SMILES string of the molecule is Cc1cc(Nc2nc(Nc3cc(C)c(C4CCN(C5CS(=O)(=O)C5)CC4)cc3F)ncc2C)n[nH]1. The van der Waals surface area contributed by atoms with Crippen LogP contribution in [0.4, 0.5) is 27.7 Å². The summed E-state index contributed by atoms with van der Waals surface area (Å²) in [7, 11) is -2.83. The van der Waals surface area contributed by atoms with Crippen LogP contribution in [0.2, 0.25) is 0 Å². The fraction of sp³-hybridized carbons (Fsp3) is 0.458. The maximum absolute atomic E-state index is 15.1. The third-order valence-electron chi connectivity index (χ3n) is 6.90. The first-order valence-electron chi connectivity index (χ1n) is 11.8. The number of aromatic amines is 1. The minimum absolute atomic E-state index is 0.149. The molecule has 11 heteroatoms. The second-order valence-electron chi connectivity index (χ2n) is 9.64. The molecule has 2 fully saturated rings. The van der Waals surface area contributed by atoms with Crippen molar-refractivity contribution in [3.63, 3.8) is 0 Å². The number of halogens is 1. The van der Waals surface area contributed by atoms with Crippen LogP contribution in [0.3, 0.4) is 0 Å². The number of nitrogens with one attached hydrogen (secondary N) is 3. The van der Waals surface area contributed by atoms with E-state index < -0.39 is 9.84 Å². The molecule has 0 saturated carbocycles. The second-order valence-corrected chi connectivity index (χ2v) is 11.8. The molecule has 0 aliphatic carbocycles. The van der Waals surface area contributed by atoms with E-state index in [0.29, 0.717) is 23.3 Å². The first kappa shape index (κ1) is 23.7. The highest BCUT2D eigenvalue weighted by molar-refractivity contribution is 7.92. The summed E-state index contributed by atoms with van der Waals surface area (Å²) in [6, 6.07) is 5.44. The Labute approximate surface area is 204 Å². The molecule has 3 N–H and O–H groups in total. The molecule has 2 aliphatic heterocycles. The molecule has 5 rings (SSSR count). The van der Waals surface area contributed by atoms with Crippen LogP contribution in [0.15, 0.2) is 24.4 Å². The molecule has 3 aromatic rings. The Morgan fingerprint density at radius 3 is 2.46 bits per heavy atom. The fourth-order valence-corrected chi connectivity index (χ4v) is 6.41. The van der Waals surface area contributed by atoms with Crippen molar-refractivity contribution in [3.8, 4) is 0 Å². The molecule has 1 aromatic carbocycles. The lowest BCUT2D eigenvalue weighted by molar-refractivity contribution is 0.166. The Morgan fingerprint density at radius 2 is 1.80 bits per heavy atom. The molecule has 186 valence electrons. The highest BCUT2D eigenvalue weighted by Gasteiger charge is 2.39. The van der Waals surface area contributed by atoms with Crippen molar-refractivity contribution in [2.75, 3.05) is 35.2 Å². The number of anilines is 4. The molecule has 35 heavy (non-hydrogen) atoms. The second kappa shape index (κ2) is 9.19. The van der Waals surface area contributed by atoms with Crippen molar-refractivity contribution in [1.29, 1.82) is 0 Å². The standard InChI is InChI=1S/C24H30FN7O2S/c1-14-8-21(27-24-26-11-15(2)23(29-24)28-22-9-16(3)30-31-22)20(25)10-19(14)17-4-6-32(7-5-17)18-12-35(33,34)13-18/h8-11,17-18H,4-7,12-13H2,1-3H3,(H3,26,27,28,29,30,31). The van der Waals surface area contributed by atoms with Crippen LogP contribution in [0.5, 0.6) is 0 Å². The molecule has 2 aromatic heterocycles. The third kappa shape index (κ3) is 5.15. The summed E-state index contributed by atoms with van der Waals surface area (Å²) in [5.74, 6) is 1.98. The van der Waals surface area contributed by atoms with E-state index in [9.17, 15) is 8.42 Å². The predicted molar refractivity (Wildman–Crippen MR) is 134 cm³/mol. The molecule has 0 amide bonds. The lowest BCUT2D eigenvalue weighted by Gasteiger charge is -2.41. The van der Waals surface area contributed by atoms with E-state index in [4.69, 9.17) is 0 Å². The smallest absolute Gasteiger partial charge is 0.229 e. The van der Waals surface area contributed by atoms with Crippen molar-refractivity contribution in [2.24, 2.45) is 0 Å². The number of rotatable bonds is 6. The van der Waals surface area contributed by atoms with Gasteiger partial charge in [0, 0.05) is 29.6 Å². The van der Waals surface area contributed by atoms with Gasteiger partial charge in [-0.3, -0.25) is 10.00 Å². The largest absolute Gasteiger partial charge is 0.323 e. The van der Waals surface area contributed by atoms with Crippen LogP contribution in [-0.4, -0.2) is 64.1 Å². The van der Waals surface area contributed by atoms with Crippen LogP contribution in [0.25, 0.3) is 0 Å². The van der Waals surface area contributed by atoms with E-state index >= 15 is 4.39 Å². The summed E-state index contributed by atoms with van der Waals surface area (Å²) in [5.41, 5.74) is 4.12. The molecule has 2 saturated heterocycles. The summed E-state index contributed by atoms with van der Waals surface area (Å²) in [6.45, 7) is 7.48. The molecule has 0 radical (unpaired) electrons. The molecular formula is C24H30FN7O2S. The topological polar surface area (TPSA) is 116 Å². The lowest BCUT2D eigenvalue weighted by Crippen LogP contribution is -2.55. The Bertz CT molecular complexity index is 1340. The normalized spacial score (nSPS) is 18.9. The molecule has 0 spiro atoms. The highest BCUT2D eigenvalue weighted by Crippen LogP contribution is 2.35. The quantitative estimate of drug-likeness (QED) is 0.470. The van der Waals surface area contributed by atoms with E-state index in [-0.39, 0.29) is 29.3 Å². The van der Waals surface area contributed by atoms with E-state index in [1.165, 1.54) is 0 Å². The van der Waals surface area contributed by atoms with Crippen LogP contribution < -0.4 is 10.6 Å². The minimum Gasteiger partial charge on any atom is -0.323 e. The zero-order valence-corrected chi connectivity index (χ0v) is 20.9. The van der Waals surface area contributed by atoms with Crippen molar-refractivity contribution in [1.82, 2.24) is 25.1 Å². The summed E-state index contributed by atoms with van der Waals surface area (Å²) >= 11 is 0. The van der Waals surface area contributed by atoms with Gasteiger partial charge < -0.3 is 10.6 Å². The van der Waals surface area contributed by atoms with Crippen LogP contribution >= 0.6 is 0 Å². The number of sulfone groups is 1. The number of H-pyrrole nitrogens is 1. The number of piperidine rings is 1. The zero-order chi connectivity index (χ0) is 24.7. The average molecular weight is 500 g/mol. The third-order valence-corrected chi connectivity index (χ3v) is 8.69. The van der Waals surface area contributed by atoms with E-state index in [2.05, 4.69) is 35.7 Å². The maximum Gasteiger partial charge on any atom is 0.229 e. The van der Waals surface area contributed by atoms with Gasteiger partial charge in [0.1, 0.15) is 11.6 Å². The summed E-state index contributed by atoms with van der Waals surface area (Å²) in [5, 5.41) is 13.2. The van der Waals surface area contributed by atoms with Gasteiger partial charge >= 0.3 is 0 Å². The van der Waals surface area contributed by atoms with Crippen molar-refractivity contribution in [2.45, 2.75) is 45.6 Å². The van der Waals surface area contributed by atoms with Crippen LogP contribution in [-0.2, 0) is 9.84 Å². The number of aryl methyl sites for hydroxylation is 3. The molecule has 4 heterocycles. The minimum atomic E-state index is -2.83. The Morgan fingerprint density at radius 1 is 1.06 bits per heavy atom. The number of hydrogen-bond acceptors (Lipinski definition) is 8. The van der Waals surface area contributed by atoms with Crippen molar-refractivity contribution < 1.29 is 12.8 Å². The molecule has 2 aliphatic rings. The molecule has 0 atom stereocenters. The van der Waals surface area contributed by atoms with Gasteiger partial charge in [0.2, 0.25) is 5.95 Å². The van der Waals surface area contributed by atoms with E-state index in [0.717, 1.165) is 48.3 Å². The van der Waals surface area contributed by atoms with E-state index in [1.807, 2.05) is 32.9 Å². The first-order valence-corrected chi connectivity index (χ1v) is 13.6. The lowest BCUT2D eigenvalue weighted by atomic mass is 9.86. The van der Waals surface area contributed by atoms with Crippen molar-refractivity contribution in [3.05, 3.63) is 52.6 Å². The molecule has 0 bridgehead atoms. The first-order chi connectivity index (χ1) is 16.7. The monoisotopic (exact) mass is 499 g/mol. The maximum atomic E-state index is 15.1. The van der Waals surface area contributed by atoms with E-state index in [1.54, 1.807) is 12.3 Å². The number of benzene rings is 1. The predicted octanol–water partition coefficient (Wildman–Crippen LogP) is 3.73. The van der Waals surface area contributed by atoms with Gasteiger partial charge in [-0.25, -0.2) is 17.8 Å². The Balaban J connectivity index is 1.27. The van der Waals surface area contributed by atoms with Gasteiger partial charge in [-0.05, 0) is 75.9 Å². The van der Waals surface area contributed by atoms with Gasteiger partial charge in [-0.15, -0.1) is 0 Å². The average Bonchev–Trinajstić information content (AvgIpc) is 3.21. The molecular weight excluding hydrogens is 469 g/mol. The Hall–Kier alpha value is -3.05. The highest BCUT2D eigenvalue weighted by atomic mass is 32.2. The van der Waals surface area contributed by atoms with Gasteiger partial charge in [-0.1, -0.05) is 0 Å². The van der Waals surface area contributed by atoms with Gasteiger partial charge in [0.05, 0.1) is 17.2 Å². The number of aromatic nitrogens is 4. The van der Waals surface area contributed by atoms with Gasteiger partial charge in [-0.2, -0.15) is 10.1 Å². The molecule has 0 unspecified atom stereocenters. The number of likely N-dealkylation sites (tertiary alicyclic amines) is 1. The van der Waals surface area contributed by atoms with Crippen LogP contribution in [0, 0.1) is 26.6 Å². The number of nitrogens with zero attached hydrogens (tertiary/aromatic N) is 4. The van der Waals surface area contributed by atoms with Crippen molar-refractivity contribution >= 4 is 33.1 Å². The molecule has 9 nitrogen and oxygen atoms in total. The van der Waals surface area contributed by atoms with Gasteiger partial charge in [0.25, 0.3) is 0 Å². The van der Waals surface area contributed by atoms with Gasteiger partial charge in [0.15, 0.2) is 15.7 Å². The summed E-state index contributed by atoms with van der Waals surface area (Å²) in [4.78, 5) is 11.1. The summed E-state index contributed by atoms with van der Waals surface area (Å²) in [6.07, 6.45) is 3.47. The van der Waals surface area contributed by atoms with Crippen LogP contribution in [0.1, 0.15) is 41.1 Å². The number of hydrogen-bond donors (Lipinski definition) is 3. The Kier molecular flexibility index (Phi) is 6.22. The zero-order valence-electron chi connectivity index (χ0n) is 20.1. The summed E-state index contributed by atoms with van der Waals surface area (Å²) < 4.78 is 38.1. The fourth-order valence-electron chi connectivity index (χ4n) is 4.91.